The number of amides is 1. The molecule has 1 aromatic carbocycles. The molecular weight excluding hydrogens is 358 g/mol. The van der Waals surface area contributed by atoms with E-state index in [-0.39, 0.29) is 12.3 Å². The van der Waals surface area contributed by atoms with E-state index in [0.29, 0.717) is 43.2 Å². The summed E-state index contributed by atoms with van der Waals surface area (Å²) in [5.74, 6) is -1.28. The lowest BCUT2D eigenvalue weighted by atomic mass is 9.86. The van der Waals surface area contributed by atoms with Gasteiger partial charge < -0.3 is 15.2 Å². The van der Waals surface area contributed by atoms with Gasteiger partial charge in [0.1, 0.15) is 0 Å². The average Bonchev–Trinajstić information content (AvgIpc) is 3.06. The van der Waals surface area contributed by atoms with Crippen LogP contribution in [0.1, 0.15) is 35.2 Å². The number of hydrogen-bond donors (Lipinski definition) is 2. The summed E-state index contributed by atoms with van der Waals surface area (Å²) in [6.45, 7) is 1.31. The minimum absolute atomic E-state index is 0.129. The molecule has 2 heterocycles. The van der Waals surface area contributed by atoms with Crippen molar-refractivity contribution in [2.45, 2.75) is 31.3 Å². The van der Waals surface area contributed by atoms with Crippen molar-refractivity contribution in [2.75, 3.05) is 13.2 Å². The van der Waals surface area contributed by atoms with E-state index in [1.54, 1.807) is 16.9 Å². The van der Waals surface area contributed by atoms with Gasteiger partial charge in [-0.05, 0) is 24.5 Å². The van der Waals surface area contributed by atoms with Crippen LogP contribution in [0.2, 0.25) is 5.02 Å². The molecule has 1 aromatic heterocycles. The molecular formula is C18H20ClN3O4. The van der Waals surface area contributed by atoms with Gasteiger partial charge >= 0.3 is 5.97 Å². The highest BCUT2D eigenvalue weighted by Crippen LogP contribution is 2.25. The normalized spacial score (nSPS) is 16.2. The van der Waals surface area contributed by atoms with Gasteiger partial charge in [0.15, 0.2) is 0 Å². The van der Waals surface area contributed by atoms with Crippen LogP contribution in [-0.2, 0) is 16.1 Å². The van der Waals surface area contributed by atoms with Crippen molar-refractivity contribution in [1.29, 1.82) is 0 Å². The van der Waals surface area contributed by atoms with Gasteiger partial charge in [0, 0.05) is 24.4 Å². The zero-order chi connectivity index (χ0) is 18.6. The number of hydrogen-bond acceptors (Lipinski definition) is 4. The molecule has 2 aromatic rings. The molecule has 8 heteroatoms. The van der Waals surface area contributed by atoms with Crippen LogP contribution in [0.15, 0.2) is 36.7 Å². The number of benzene rings is 1. The molecule has 26 heavy (non-hydrogen) atoms. The van der Waals surface area contributed by atoms with E-state index in [1.165, 1.54) is 6.20 Å². The number of carbonyl (C=O) groups excluding carboxylic acids is 1. The molecule has 1 amide bonds. The van der Waals surface area contributed by atoms with Gasteiger partial charge in [-0.25, -0.2) is 0 Å². The summed E-state index contributed by atoms with van der Waals surface area (Å²) in [5.41, 5.74) is 0.496. The smallest absolute Gasteiger partial charge is 0.305 e. The zero-order valence-electron chi connectivity index (χ0n) is 14.2. The maximum atomic E-state index is 12.6. The molecule has 7 nitrogen and oxygen atoms in total. The van der Waals surface area contributed by atoms with Crippen molar-refractivity contribution in [1.82, 2.24) is 15.1 Å². The SMILES string of the molecule is O=C(O)CC1(NC(=O)c2cnn(Cc3ccccc3Cl)c2)CCOCC1. The third kappa shape index (κ3) is 4.42. The summed E-state index contributed by atoms with van der Waals surface area (Å²) < 4.78 is 6.93. The van der Waals surface area contributed by atoms with Crippen LogP contribution in [0, 0.1) is 0 Å². The van der Waals surface area contributed by atoms with Crippen molar-refractivity contribution >= 4 is 23.5 Å². The van der Waals surface area contributed by atoms with E-state index in [9.17, 15) is 14.7 Å². The first-order valence-corrected chi connectivity index (χ1v) is 8.73. The van der Waals surface area contributed by atoms with Crippen molar-refractivity contribution in [2.24, 2.45) is 0 Å². The molecule has 3 rings (SSSR count). The zero-order valence-corrected chi connectivity index (χ0v) is 14.9. The molecule has 138 valence electrons. The quantitative estimate of drug-likeness (QED) is 0.805. The summed E-state index contributed by atoms with van der Waals surface area (Å²) >= 11 is 6.15. The monoisotopic (exact) mass is 377 g/mol. The molecule has 1 fully saturated rings. The molecule has 1 aliphatic rings. The number of rotatable bonds is 6. The van der Waals surface area contributed by atoms with Gasteiger partial charge in [0.05, 0.1) is 30.3 Å². The van der Waals surface area contributed by atoms with Crippen LogP contribution in [0.25, 0.3) is 0 Å². The Labute approximate surface area is 155 Å². The first-order valence-electron chi connectivity index (χ1n) is 8.35. The Hall–Kier alpha value is -2.38. The molecule has 0 bridgehead atoms. The van der Waals surface area contributed by atoms with E-state index >= 15 is 0 Å². The number of ether oxygens (including phenoxy) is 1. The first kappa shape index (κ1) is 18.4. The predicted molar refractivity (Wildman–Crippen MR) is 95.3 cm³/mol. The molecule has 1 saturated heterocycles. The van der Waals surface area contributed by atoms with Crippen molar-refractivity contribution in [3.8, 4) is 0 Å². The Morgan fingerprint density at radius 1 is 1.31 bits per heavy atom. The van der Waals surface area contributed by atoms with Gasteiger partial charge in [-0.1, -0.05) is 29.8 Å². The molecule has 1 aliphatic heterocycles. The predicted octanol–water partition coefficient (Wildman–Crippen LogP) is 2.34. The fraction of sp³-hybridized carbons (Fsp3) is 0.389. The second kappa shape index (κ2) is 7.88. The number of carbonyl (C=O) groups is 2. The average molecular weight is 378 g/mol. The lowest BCUT2D eigenvalue weighted by Crippen LogP contribution is -2.53. The second-order valence-electron chi connectivity index (χ2n) is 6.44. The minimum atomic E-state index is -0.943. The molecule has 0 saturated carbocycles. The summed E-state index contributed by atoms with van der Waals surface area (Å²) in [6.07, 6.45) is 3.92. The highest BCUT2D eigenvalue weighted by atomic mass is 35.5. The minimum Gasteiger partial charge on any atom is -0.481 e. The Morgan fingerprint density at radius 2 is 2.04 bits per heavy atom. The van der Waals surface area contributed by atoms with Crippen LogP contribution in [0.3, 0.4) is 0 Å². The maximum absolute atomic E-state index is 12.6. The molecule has 0 aliphatic carbocycles. The topological polar surface area (TPSA) is 93.5 Å². The van der Waals surface area contributed by atoms with E-state index in [2.05, 4.69) is 10.4 Å². The van der Waals surface area contributed by atoms with Crippen molar-refractivity contribution in [3.63, 3.8) is 0 Å². The van der Waals surface area contributed by atoms with E-state index < -0.39 is 11.5 Å². The number of halogens is 1. The molecule has 0 atom stereocenters. The van der Waals surface area contributed by atoms with Crippen LogP contribution in [0.4, 0.5) is 0 Å². The van der Waals surface area contributed by atoms with Gasteiger partial charge in [0.25, 0.3) is 5.91 Å². The lowest BCUT2D eigenvalue weighted by Gasteiger charge is -2.36. The molecule has 0 unspecified atom stereocenters. The number of aromatic nitrogens is 2. The van der Waals surface area contributed by atoms with Gasteiger partial charge in [-0.3, -0.25) is 14.3 Å². The highest BCUT2D eigenvalue weighted by molar-refractivity contribution is 6.31. The molecule has 0 spiro atoms. The third-order valence-corrected chi connectivity index (χ3v) is 4.87. The standard InChI is InChI=1S/C18H20ClN3O4/c19-15-4-2-1-3-13(15)11-22-12-14(10-20-22)17(25)21-18(9-16(23)24)5-7-26-8-6-18/h1-4,10,12H,5-9,11H2,(H,21,25)(H,23,24). The number of nitrogens with one attached hydrogen (secondary N) is 1. The number of carboxylic acid groups (broad SMARTS) is 1. The first-order chi connectivity index (χ1) is 12.5. The number of nitrogens with zero attached hydrogens (tertiary/aromatic N) is 2. The summed E-state index contributed by atoms with van der Waals surface area (Å²) in [7, 11) is 0. The van der Waals surface area contributed by atoms with Crippen molar-refractivity contribution < 1.29 is 19.4 Å². The largest absolute Gasteiger partial charge is 0.481 e. The van der Waals surface area contributed by atoms with E-state index in [1.807, 2.05) is 18.2 Å². The van der Waals surface area contributed by atoms with Crippen LogP contribution >= 0.6 is 11.6 Å². The van der Waals surface area contributed by atoms with Crippen LogP contribution in [0.5, 0.6) is 0 Å². The Bertz CT molecular complexity index is 799. The van der Waals surface area contributed by atoms with Crippen LogP contribution in [-0.4, -0.2) is 45.5 Å². The summed E-state index contributed by atoms with van der Waals surface area (Å²) in [6, 6.07) is 7.44. The highest BCUT2D eigenvalue weighted by Gasteiger charge is 2.36. The Kier molecular flexibility index (Phi) is 5.58. The second-order valence-corrected chi connectivity index (χ2v) is 6.84. The van der Waals surface area contributed by atoms with E-state index in [0.717, 1.165) is 5.56 Å². The van der Waals surface area contributed by atoms with E-state index in [4.69, 9.17) is 16.3 Å². The summed E-state index contributed by atoms with van der Waals surface area (Å²) in [4.78, 5) is 23.8. The van der Waals surface area contributed by atoms with Crippen LogP contribution < -0.4 is 5.32 Å². The lowest BCUT2D eigenvalue weighted by molar-refractivity contribution is -0.139. The van der Waals surface area contributed by atoms with Gasteiger partial charge in [0.2, 0.25) is 0 Å². The fourth-order valence-electron chi connectivity index (χ4n) is 3.08. The maximum Gasteiger partial charge on any atom is 0.305 e. The van der Waals surface area contributed by atoms with Gasteiger partial charge in [-0.15, -0.1) is 0 Å². The Morgan fingerprint density at radius 3 is 2.73 bits per heavy atom. The fourth-order valence-corrected chi connectivity index (χ4v) is 3.27. The molecule has 0 radical (unpaired) electrons. The number of aliphatic carboxylic acids is 1. The van der Waals surface area contributed by atoms with Gasteiger partial charge in [-0.2, -0.15) is 5.10 Å². The third-order valence-electron chi connectivity index (χ3n) is 4.50. The summed E-state index contributed by atoms with van der Waals surface area (Å²) in [5, 5.41) is 16.9. The number of carboxylic acids is 1. The van der Waals surface area contributed by atoms with Crippen molar-refractivity contribution in [3.05, 3.63) is 52.8 Å². The molecule has 2 N–H and O–H groups in total. The Balaban J connectivity index is 1.70.